The van der Waals surface area contributed by atoms with Gasteiger partial charge in [-0.25, -0.2) is 0 Å². The van der Waals surface area contributed by atoms with Crippen LogP contribution in [-0.4, -0.2) is 0 Å². The molecule has 0 spiro atoms. The summed E-state index contributed by atoms with van der Waals surface area (Å²) < 4.78 is 0. The summed E-state index contributed by atoms with van der Waals surface area (Å²) in [4.78, 5) is 0. The van der Waals surface area contributed by atoms with Crippen LogP contribution in [-0.2, 0) is 5.41 Å². The molecule has 18 heavy (non-hydrogen) atoms. The largest absolute Gasteiger partial charge is 0.0627 e. The molecular weight excluding hydrogens is 216 g/mol. The van der Waals surface area contributed by atoms with Gasteiger partial charge in [0.05, 0.1) is 0 Å². The summed E-state index contributed by atoms with van der Waals surface area (Å²) in [6, 6.07) is 21.2. The number of benzene rings is 2. The molecule has 0 aliphatic heterocycles. The predicted molar refractivity (Wildman–Crippen MR) is 79.6 cm³/mol. The maximum Gasteiger partial charge on any atom is 0.0106 e. The lowest BCUT2D eigenvalue weighted by Crippen LogP contribution is -2.18. The van der Waals surface area contributed by atoms with E-state index in [0.717, 1.165) is 0 Å². The third-order valence-electron chi connectivity index (χ3n) is 3.66. The molecule has 0 aliphatic carbocycles. The molecule has 0 amide bonds. The summed E-state index contributed by atoms with van der Waals surface area (Å²) in [6.45, 7) is 6.76. The van der Waals surface area contributed by atoms with Gasteiger partial charge in [0.15, 0.2) is 0 Å². The Labute approximate surface area is 110 Å². The molecule has 2 aromatic rings. The lowest BCUT2D eigenvalue weighted by molar-refractivity contribution is 0.628. The van der Waals surface area contributed by atoms with Crippen LogP contribution in [0.2, 0.25) is 0 Å². The molecule has 2 aromatic carbocycles. The van der Waals surface area contributed by atoms with Crippen LogP contribution in [0, 0.1) is 0 Å². The second-order valence-corrected chi connectivity index (χ2v) is 5.23. The molecular formula is C18H20. The van der Waals surface area contributed by atoms with E-state index >= 15 is 0 Å². The van der Waals surface area contributed by atoms with Crippen LogP contribution >= 0.6 is 0 Å². The first-order valence-electron chi connectivity index (χ1n) is 6.40. The van der Waals surface area contributed by atoms with E-state index in [4.69, 9.17) is 0 Å². The Morgan fingerprint density at radius 2 is 1.33 bits per heavy atom. The molecule has 0 aliphatic rings. The molecule has 0 fully saturated rings. The quantitative estimate of drug-likeness (QED) is 0.698. The SMILES string of the molecule is CC(=Cc1ccccc1)C(C)(C)c1ccccc1. The molecule has 0 nitrogen and oxygen atoms in total. The first kappa shape index (κ1) is 12.6. The fraction of sp³-hybridized carbons (Fsp3) is 0.222. The normalized spacial score (nSPS) is 12.5. The maximum atomic E-state index is 2.27. The van der Waals surface area contributed by atoms with Gasteiger partial charge in [-0.1, -0.05) is 86.2 Å². The Bertz CT molecular complexity index is 518. The van der Waals surface area contributed by atoms with Gasteiger partial charge in [-0.3, -0.25) is 0 Å². The zero-order valence-corrected chi connectivity index (χ0v) is 11.4. The summed E-state index contributed by atoms with van der Waals surface area (Å²) in [6.07, 6.45) is 2.27. The minimum Gasteiger partial charge on any atom is -0.0627 e. The van der Waals surface area contributed by atoms with E-state index in [0.29, 0.717) is 0 Å². The van der Waals surface area contributed by atoms with Gasteiger partial charge in [-0.2, -0.15) is 0 Å². The van der Waals surface area contributed by atoms with Crippen molar-refractivity contribution in [2.75, 3.05) is 0 Å². The number of hydrogen-bond acceptors (Lipinski definition) is 0. The second kappa shape index (κ2) is 5.22. The van der Waals surface area contributed by atoms with Gasteiger partial charge in [-0.15, -0.1) is 0 Å². The zero-order chi connectivity index (χ0) is 13.0. The number of rotatable bonds is 3. The van der Waals surface area contributed by atoms with Crippen molar-refractivity contribution < 1.29 is 0 Å². The molecule has 0 bridgehead atoms. The Balaban J connectivity index is 2.33. The van der Waals surface area contributed by atoms with Gasteiger partial charge in [-0.05, 0) is 18.1 Å². The highest BCUT2D eigenvalue weighted by Gasteiger charge is 2.21. The molecule has 0 saturated carbocycles. The van der Waals surface area contributed by atoms with Crippen LogP contribution in [0.1, 0.15) is 31.9 Å². The summed E-state index contributed by atoms with van der Waals surface area (Å²) in [5.74, 6) is 0. The van der Waals surface area contributed by atoms with E-state index in [1.54, 1.807) is 0 Å². The molecule has 0 N–H and O–H groups in total. The lowest BCUT2D eigenvalue weighted by atomic mass is 9.78. The van der Waals surface area contributed by atoms with Gasteiger partial charge >= 0.3 is 0 Å². The van der Waals surface area contributed by atoms with E-state index in [2.05, 4.69) is 87.5 Å². The zero-order valence-electron chi connectivity index (χ0n) is 11.4. The summed E-state index contributed by atoms with van der Waals surface area (Å²) in [5, 5.41) is 0. The van der Waals surface area contributed by atoms with Crippen molar-refractivity contribution in [3.05, 3.63) is 77.4 Å². The molecule has 0 unspecified atom stereocenters. The fourth-order valence-corrected chi connectivity index (χ4v) is 2.06. The van der Waals surface area contributed by atoms with E-state index in [-0.39, 0.29) is 5.41 Å². The number of hydrogen-bond donors (Lipinski definition) is 0. The third kappa shape index (κ3) is 2.70. The van der Waals surface area contributed by atoms with Gasteiger partial charge in [0.25, 0.3) is 0 Å². The highest BCUT2D eigenvalue weighted by molar-refractivity contribution is 5.56. The fourth-order valence-electron chi connectivity index (χ4n) is 2.06. The van der Waals surface area contributed by atoms with Crippen LogP contribution in [0.3, 0.4) is 0 Å². The Morgan fingerprint density at radius 3 is 1.89 bits per heavy atom. The second-order valence-electron chi connectivity index (χ2n) is 5.23. The lowest BCUT2D eigenvalue weighted by Gasteiger charge is -2.26. The van der Waals surface area contributed by atoms with Crippen molar-refractivity contribution in [2.45, 2.75) is 26.2 Å². The molecule has 0 heteroatoms. The van der Waals surface area contributed by atoms with Crippen LogP contribution in [0.4, 0.5) is 0 Å². The summed E-state index contributed by atoms with van der Waals surface area (Å²) >= 11 is 0. The van der Waals surface area contributed by atoms with Crippen LogP contribution in [0.15, 0.2) is 66.2 Å². The monoisotopic (exact) mass is 236 g/mol. The minimum atomic E-state index is 0.0666. The van der Waals surface area contributed by atoms with E-state index < -0.39 is 0 Å². The van der Waals surface area contributed by atoms with Crippen molar-refractivity contribution in [1.29, 1.82) is 0 Å². The Hall–Kier alpha value is -1.82. The molecule has 0 radical (unpaired) electrons. The van der Waals surface area contributed by atoms with E-state index in [1.807, 2.05) is 0 Å². The first-order valence-corrected chi connectivity index (χ1v) is 6.40. The van der Waals surface area contributed by atoms with Gasteiger partial charge in [0.1, 0.15) is 0 Å². The summed E-state index contributed by atoms with van der Waals surface area (Å²) in [7, 11) is 0. The third-order valence-corrected chi connectivity index (χ3v) is 3.66. The Kier molecular flexibility index (Phi) is 3.66. The highest BCUT2D eigenvalue weighted by atomic mass is 14.3. The maximum absolute atomic E-state index is 2.27. The molecule has 2 rings (SSSR count). The van der Waals surface area contributed by atoms with Crippen LogP contribution < -0.4 is 0 Å². The van der Waals surface area contributed by atoms with Crippen LogP contribution in [0.5, 0.6) is 0 Å². The smallest absolute Gasteiger partial charge is 0.0106 e. The van der Waals surface area contributed by atoms with Crippen molar-refractivity contribution in [2.24, 2.45) is 0 Å². The molecule has 0 saturated heterocycles. The van der Waals surface area contributed by atoms with Gasteiger partial charge < -0.3 is 0 Å². The highest BCUT2D eigenvalue weighted by Crippen LogP contribution is 2.32. The van der Waals surface area contributed by atoms with Crippen molar-refractivity contribution in [3.63, 3.8) is 0 Å². The van der Waals surface area contributed by atoms with Crippen molar-refractivity contribution >= 4 is 6.08 Å². The van der Waals surface area contributed by atoms with Crippen LogP contribution in [0.25, 0.3) is 6.08 Å². The van der Waals surface area contributed by atoms with Crippen molar-refractivity contribution in [1.82, 2.24) is 0 Å². The summed E-state index contributed by atoms with van der Waals surface area (Å²) in [5.41, 5.74) is 4.06. The molecule has 0 aromatic heterocycles. The molecule has 92 valence electrons. The standard InChI is InChI=1S/C18H20/c1-15(14-16-10-6-4-7-11-16)18(2,3)17-12-8-5-9-13-17/h4-14H,1-3H3. The average molecular weight is 236 g/mol. The Morgan fingerprint density at radius 1 is 0.833 bits per heavy atom. The molecule has 0 atom stereocenters. The van der Waals surface area contributed by atoms with Gasteiger partial charge in [0.2, 0.25) is 0 Å². The predicted octanol–water partition coefficient (Wildman–Crippen LogP) is 5.07. The molecule has 0 heterocycles. The average Bonchev–Trinajstić information content (AvgIpc) is 2.41. The van der Waals surface area contributed by atoms with Gasteiger partial charge in [0, 0.05) is 5.41 Å². The number of allylic oxidation sites excluding steroid dienone is 1. The topological polar surface area (TPSA) is 0 Å². The minimum absolute atomic E-state index is 0.0666. The van der Waals surface area contributed by atoms with E-state index in [9.17, 15) is 0 Å². The van der Waals surface area contributed by atoms with Crippen molar-refractivity contribution in [3.8, 4) is 0 Å². The first-order chi connectivity index (χ1) is 8.60. The van der Waals surface area contributed by atoms with E-state index in [1.165, 1.54) is 16.7 Å².